The quantitative estimate of drug-likeness (QED) is 0.500. The van der Waals surface area contributed by atoms with Gasteiger partial charge in [-0.15, -0.1) is 0 Å². The molecule has 3 aliphatic heterocycles. The van der Waals surface area contributed by atoms with Crippen LogP contribution in [-0.2, 0) is 14.8 Å². The third-order valence-corrected chi connectivity index (χ3v) is 8.22. The number of hydrogen-bond acceptors (Lipinski definition) is 9. The molecule has 35 heavy (non-hydrogen) atoms. The fourth-order valence-electron chi connectivity index (χ4n) is 3.89. The first kappa shape index (κ1) is 21.5. The van der Waals surface area contributed by atoms with Crippen molar-refractivity contribution in [3.05, 3.63) is 72.1 Å². The summed E-state index contributed by atoms with van der Waals surface area (Å²) in [6, 6.07) is 16.1. The third kappa shape index (κ3) is 3.58. The van der Waals surface area contributed by atoms with Crippen molar-refractivity contribution in [1.82, 2.24) is 0 Å². The summed E-state index contributed by atoms with van der Waals surface area (Å²) in [6.07, 6.45) is -1.66. The Labute approximate surface area is 203 Å². The van der Waals surface area contributed by atoms with Crippen LogP contribution in [0.1, 0.15) is 5.56 Å². The molecule has 12 heteroatoms. The molecule has 0 saturated heterocycles. The molecule has 0 bridgehead atoms. The SMILES string of the molecule is O=C(O)OC1=C(Sc2ccc3c(c2)OCO3)c2ccccc2S(=O)(=O)N1c1ccc2c(c1)OCO2. The highest BCUT2D eigenvalue weighted by atomic mass is 32.2. The first-order chi connectivity index (χ1) is 16.9. The zero-order valence-corrected chi connectivity index (χ0v) is 19.3. The van der Waals surface area contributed by atoms with E-state index in [2.05, 4.69) is 0 Å². The van der Waals surface area contributed by atoms with Crippen LogP contribution in [0.2, 0.25) is 0 Å². The van der Waals surface area contributed by atoms with E-state index in [4.69, 9.17) is 23.7 Å². The summed E-state index contributed by atoms with van der Waals surface area (Å²) in [4.78, 5) is 12.7. The molecule has 6 rings (SSSR count). The summed E-state index contributed by atoms with van der Waals surface area (Å²) >= 11 is 1.14. The monoisotopic (exact) mass is 513 g/mol. The van der Waals surface area contributed by atoms with Gasteiger partial charge in [0.25, 0.3) is 10.0 Å². The molecule has 3 aromatic rings. The molecule has 0 aromatic heterocycles. The van der Waals surface area contributed by atoms with E-state index >= 15 is 0 Å². The van der Waals surface area contributed by atoms with Crippen LogP contribution in [0.3, 0.4) is 0 Å². The second-order valence-corrected chi connectivity index (χ2v) is 10.3. The van der Waals surface area contributed by atoms with Gasteiger partial charge < -0.3 is 28.8 Å². The van der Waals surface area contributed by atoms with Gasteiger partial charge >= 0.3 is 6.16 Å². The predicted molar refractivity (Wildman–Crippen MR) is 123 cm³/mol. The Morgan fingerprint density at radius 1 is 0.886 bits per heavy atom. The fraction of sp³-hybridized carbons (Fsp3) is 0.0870. The minimum atomic E-state index is -4.25. The number of thioether (sulfide) groups is 1. The molecule has 0 radical (unpaired) electrons. The highest BCUT2D eigenvalue weighted by molar-refractivity contribution is 8.08. The standard InChI is InChI=1S/C23H15NO9S2/c25-23(26)33-22-21(34-14-6-8-17-19(10-14)32-12-30-17)15-3-1-2-4-20(15)35(27,28)24(22)13-5-7-16-18(9-13)31-11-29-16/h1-10H,11-12H2,(H,25,26). The van der Waals surface area contributed by atoms with Gasteiger partial charge in [0, 0.05) is 16.5 Å². The van der Waals surface area contributed by atoms with Gasteiger partial charge in [-0.3, -0.25) is 0 Å². The van der Waals surface area contributed by atoms with Gasteiger partial charge in [-0.2, -0.15) is 0 Å². The number of carboxylic acid groups (broad SMARTS) is 1. The van der Waals surface area contributed by atoms with Gasteiger partial charge in [-0.1, -0.05) is 30.0 Å². The number of fused-ring (bicyclic) bond motifs is 3. The van der Waals surface area contributed by atoms with Gasteiger partial charge in [0.05, 0.1) is 15.5 Å². The molecular formula is C23H15NO9S2. The Kier molecular flexibility index (Phi) is 4.93. The first-order valence-corrected chi connectivity index (χ1v) is 12.4. The second-order valence-electron chi connectivity index (χ2n) is 7.42. The molecule has 178 valence electrons. The smallest absolute Gasteiger partial charge is 0.454 e. The fourth-order valence-corrected chi connectivity index (χ4v) is 6.69. The van der Waals surface area contributed by atoms with E-state index in [1.54, 1.807) is 42.5 Å². The number of sulfonamides is 1. The number of hydrogen-bond donors (Lipinski definition) is 1. The zero-order valence-electron chi connectivity index (χ0n) is 17.7. The lowest BCUT2D eigenvalue weighted by atomic mass is 10.2. The van der Waals surface area contributed by atoms with Gasteiger partial charge in [0.1, 0.15) is 0 Å². The van der Waals surface area contributed by atoms with Gasteiger partial charge in [-0.25, -0.2) is 17.5 Å². The summed E-state index contributed by atoms with van der Waals surface area (Å²) in [5, 5.41) is 9.55. The number of anilines is 1. The van der Waals surface area contributed by atoms with Crippen molar-refractivity contribution in [3.8, 4) is 23.0 Å². The maximum Gasteiger partial charge on any atom is 0.512 e. The van der Waals surface area contributed by atoms with E-state index < -0.39 is 16.2 Å². The van der Waals surface area contributed by atoms with Crippen molar-refractivity contribution in [2.45, 2.75) is 9.79 Å². The van der Waals surface area contributed by atoms with Gasteiger partial charge in [0.15, 0.2) is 23.0 Å². The number of ether oxygens (including phenoxy) is 5. The van der Waals surface area contributed by atoms with E-state index in [-0.39, 0.29) is 35.0 Å². The van der Waals surface area contributed by atoms with Gasteiger partial charge in [-0.05, 0) is 36.4 Å². The van der Waals surface area contributed by atoms with E-state index in [1.807, 2.05) is 0 Å². The number of rotatable bonds is 4. The van der Waals surface area contributed by atoms with Crippen molar-refractivity contribution >= 4 is 38.5 Å². The Balaban J connectivity index is 1.56. The molecule has 0 unspecified atom stereocenters. The lowest BCUT2D eigenvalue weighted by Gasteiger charge is -2.32. The second kappa shape index (κ2) is 8.03. The van der Waals surface area contributed by atoms with Crippen LogP contribution in [0.15, 0.2) is 76.3 Å². The number of nitrogens with zero attached hydrogens (tertiary/aromatic N) is 1. The highest BCUT2D eigenvalue weighted by Gasteiger charge is 2.41. The van der Waals surface area contributed by atoms with Crippen molar-refractivity contribution in [2.75, 3.05) is 17.9 Å². The van der Waals surface area contributed by atoms with Crippen LogP contribution < -0.4 is 23.3 Å². The average Bonchev–Trinajstić information content (AvgIpc) is 3.50. The molecule has 0 saturated carbocycles. The molecular weight excluding hydrogens is 498 g/mol. The minimum absolute atomic E-state index is 0.00125. The summed E-state index contributed by atoms with van der Waals surface area (Å²) < 4.78 is 55.0. The van der Waals surface area contributed by atoms with E-state index in [9.17, 15) is 18.3 Å². The molecule has 3 aliphatic rings. The topological polar surface area (TPSA) is 121 Å². The summed E-state index contributed by atoms with van der Waals surface area (Å²) in [5.41, 5.74) is 0.437. The van der Waals surface area contributed by atoms with Crippen molar-refractivity contribution in [3.63, 3.8) is 0 Å². The molecule has 3 heterocycles. The highest BCUT2D eigenvalue weighted by Crippen LogP contribution is 2.49. The van der Waals surface area contributed by atoms with Gasteiger partial charge in [0.2, 0.25) is 19.5 Å². The zero-order chi connectivity index (χ0) is 24.2. The predicted octanol–water partition coefficient (Wildman–Crippen LogP) is 4.47. The lowest BCUT2D eigenvalue weighted by molar-refractivity contribution is 0.119. The number of benzene rings is 3. The Morgan fingerprint density at radius 3 is 2.29 bits per heavy atom. The van der Waals surface area contributed by atoms with E-state index in [0.717, 1.165) is 16.1 Å². The molecule has 0 atom stereocenters. The van der Waals surface area contributed by atoms with Crippen LogP contribution in [0, 0.1) is 0 Å². The minimum Gasteiger partial charge on any atom is -0.454 e. The van der Waals surface area contributed by atoms with Crippen LogP contribution in [0.5, 0.6) is 23.0 Å². The number of carbonyl (C=O) groups is 1. The van der Waals surface area contributed by atoms with Crippen molar-refractivity contribution < 1.29 is 42.0 Å². The molecule has 0 spiro atoms. The molecule has 10 nitrogen and oxygen atoms in total. The lowest BCUT2D eigenvalue weighted by Crippen LogP contribution is -2.36. The van der Waals surface area contributed by atoms with Crippen LogP contribution >= 0.6 is 11.8 Å². The summed E-state index contributed by atoms with van der Waals surface area (Å²) in [7, 11) is -4.25. The third-order valence-electron chi connectivity index (χ3n) is 5.37. The molecule has 0 fully saturated rings. The Bertz CT molecular complexity index is 1520. The first-order valence-electron chi connectivity index (χ1n) is 10.2. The Morgan fingerprint density at radius 2 is 1.54 bits per heavy atom. The maximum absolute atomic E-state index is 13.7. The van der Waals surface area contributed by atoms with E-state index in [0.29, 0.717) is 33.5 Å². The average molecular weight is 514 g/mol. The molecule has 1 N–H and O–H groups in total. The molecule has 3 aromatic carbocycles. The Hall–Kier alpha value is -4.03. The maximum atomic E-state index is 13.7. The van der Waals surface area contributed by atoms with Crippen molar-refractivity contribution in [1.29, 1.82) is 0 Å². The van der Waals surface area contributed by atoms with E-state index in [1.165, 1.54) is 18.2 Å². The van der Waals surface area contributed by atoms with Crippen LogP contribution in [0.4, 0.5) is 10.5 Å². The molecule has 0 amide bonds. The van der Waals surface area contributed by atoms with Crippen LogP contribution in [-0.4, -0.2) is 33.3 Å². The summed E-state index contributed by atoms with van der Waals surface area (Å²) in [5.74, 6) is 1.51. The summed E-state index contributed by atoms with van der Waals surface area (Å²) in [6.45, 7) is 0.0897. The van der Waals surface area contributed by atoms with Crippen molar-refractivity contribution in [2.24, 2.45) is 0 Å². The normalized spacial score (nSPS) is 16.7. The van der Waals surface area contributed by atoms with Crippen LogP contribution in [0.25, 0.3) is 4.91 Å². The largest absolute Gasteiger partial charge is 0.512 e. The molecule has 0 aliphatic carbocycles.